The molecule has 8 heteroatoms. The summed E-state index contributed by atoms with van der Waals surface area (Å²) < 4.78 is 0. The van der Waals surface area contributed by atoms with Crippen molar-refractivity contribution in [3.8, 4) is 33.0 Å². The third kappa shape index (κ3) is 4.04. The van der Waals surface area contributed by atoms with E-state index in [0.717, 1.165) is 11.3 Å². The number of carboxylic acid groups (broad SMARTS) is 1. The Labute approximate surface area is 186 Å². The van der Waals surface area contributed by atoms with Gasteiger partial charge in [0.15, 0.2) is 0 Å². The van der Waals surface area contributed by atoms with Gasteiger partial charge >= 0.3 is 5.97 Å². The van der Waals surface area contributed by atoms with Crippen molar-refractivity contribution in [3.63, 3.8) is 0 Å². The number of hydrogen-bond acceptors (Lipinski definition) is 5. The second-order valence-corrected chi connectivity index (χ2v) is 8.10. The average Bonchev–Trinajstić information content (AvgIpc) is 3.25. The highest BCUT2D eigenvalue weighted by Gasteiger charge is 2.16. The van der Waals surface area contributed by atoms with E-state index < -0.39 is 5.97 Å². The number of hydrogen-bond donors (Lipinski definition) is 3. The Morgan fingerprint density at radius 3 is 2.47 bits per heavy atom. The summed E-state index contributed by atoms with van der Waals surface area (Å²) in [6.45, 7) is 0. The van der Waals surface area contributed by atoms with E-state index in [9.17, 15) is 9.90 Å². The van der Waals surface area contributed by atoms with Gasteiger partial charge in [-0.3, -0.25) is 10.7 Å². The van der Waals surface area contributed by atoms with Crippen molar-refractivity contribution in [1.29, 1.82) is 0 Å². The SMILES string of the molecule is O=C(O)c1cc(-c2nc(-c3ccc(Cl)c(Cl)c3)cs2)ccc1-c1cccc(NO)c1. The van der Waals surface area contributed by atoms with E-state index in [1.165, 1.54) is 11.3 Å². The van der Waals surface area contributed by atoms with Gasteiger partial charge in [-0.2, -0.15) is 0 Å². The molecule has 0 bridgehead atoms. The average molecular weight is 457 g/mol. The third-order valence-electron chi connectivity index (χ3n) is 4.52. The largest absolute Gasteiger partial charge is 0.478 e. The summed E-state index contributed by atoms with van der Waals surface area (Å²) in [5.41, 5.74) is 6.17. The summed E-state index contributed by atoms with van der Waals surface area (Å²) in [5.74, 6) is -1.05. The highest BCUT2D eigenvalue weighted by molar-refractivity contribution is 7.13. The van der Waals surface area contributed by atoms with E-state index in [2.05, 4.69) is 10.5 Å². The molecular formula is C22H14Cl2N2O3S. The summed E-state index contributed by atoms with van der Waals surface area (Å²) in [4.78, 5) is 16.6. The highest BCUT2D eigenvalue weighted by atomic mass is 35.5. The van der Waals surface area contributed by atoms with Gasteiger partial charge in [0.2, 0.25) is 0 Å². The van der Waals surface area contributed by atoms with Crippen LogP contribution in [0.25, 0.3) is 33.0 Å². The van der Waals surface area contributed by atoms with Gasteiger partial charge in [0.25, 0.3) is 0 Å². The lowest BCUT2D eigenvalue weighted by Crippen LogP contribution is -2.00. The Balaban J connectivity index is 1.74. The molecule has 0 unspecified atom stereocenters. The minimum Gasteiger partial charge on any atom is -0.478 e. The number of carboxylic acids is 1. The molecule has 0 aliphatic rings. The predicted molar refractivity (Wildman–Crippen MR) is 121 cm³/mol. The fourth-order valence-corrected chi connectivity index (χ4v) is 4.18. The number of nitrogens with zero attached hydrogens (tertiary/aromatic N) is 1. The predicted octanol–water partition coefficient (Wildman–Crippen LogP) is 6.95. The topological polar surface area (TPSA) is 82.5 Å². The van der Waals surface area contributed by atoms with Crippen LogP contribution in [0.1, 0.15) is 10.4 Å². The van der Waals surface area contributed by atoms with E-state index in [4.69, 9.17) is 28.4 Å². The Morgan fingerprint density at radius 1 is 0.933 bits per heavy atom. The number of aromatic carboxylic acids is 1. The number of rotatable bonds is 5. The molecular weight excluding hydrogens is 443 g/mol. The van der Waals surface area contributed by atoms with Crippen LogP contribution in [-0.4, -0.2) is 21.3 Å². The van der Waals surface area contributed by atoms with Gasteiger partial charge in [0.05, 0.1) is 27.0 Å². The van der Waals surface area contributed by atoms with Crippen LogP contribution in [0.15, 0.2) is 66.0 Å². The molecule has 30 heavy (non-hydrogen) atoms. The Morgan fingerprint density at radius 2 is 1.73 bits per heavy atom. The van der Waals surface area contributed by atoms with Crippen LogP contribution in [0.2, 0.25) is 10.0 Å². The van der Waals surface area contributed by atoms with Crippen LogP contribution in [0.5, 0.6) is 0 Å². The van der Waals surface area contributed by atoms with Crippen LogP contribution in [0, 0.1) is 0 Å². The lowest BCUT2D eigenvalue weighted by Gasteiger charge is -2.09. The van der Waals surface area contributed by atoms with Gasteiger partial charge in [0, 0.05) is 16.5 Å². The summed E-state index contributed by atoms with van der Waals surface area (Å²) in [5, 5.41) is 22.4. The van der Waals surface area contributed by atoms with Gasteiger partial charge in [-0.15, -0.1) is 11.3 Å². The van der Waals surface area contributed by atoms with Gasteiger partial charge in [-0.25, -0.2) is 9.78 Å². The number of benzene rings is 3. The normalized spacial score (nSPS) is 10.8. The first-order valence-corrected chi connectivity index (χ1v) is 10.4. The molecule has 0 spiro atoms. The van der Waals surface area contributed by atoms with Crippen LogP contribution in [-0.2, 0) is 0 Å². The molecule has 0 saturated carbocycles. The zero-order chi connectivity index (χ0) is 21.3. The fourth-order valence-electron chi connectivity index (χ4n) is 3.06. The van der Waals surface area contributed by atoms with Crippen LogP contribution < -0.4 is 5.48 Å². The van der Waals surface area contributed by atoms with Crippen molar-refractivity contribution in [3.05, 3.63) is 81.7 Å². The van der Waals surface area contributed by atoms with Crippen LogP contribution in [0.3, 0.4) is 0 Å². The molecule has 3 N–H and O–H groups in total. The van der Waals surface area contributed by atoms with Crippen molar-refractivity contribution in [2.45, 2.75) is 0 Å². The highest BCUT2D eigenvalue weighted by Crippen LogP contribution is 2.35. The van der Waals surface area contributed by atoms with Gasteiger partial charge < -0.3 is 5.11 Å². The van der Waals surface area contributed by atoms with Crippen molar-refractivity contribution >= 4 is 46.2 Å². The van der Waals surface area contributed by atoms with Gasteiger partial charge in [-0.1, -0.05) is 53.5 Å². The number of aromatic nitrogens is 1. The lowest BCUT2D eigenvalue weighted by atomic mass is 9.97. The molecule has 4 aromatic rings. The summed E-state index contributed by atoms with van der Waals surface area (Å²) in [6, 6.07) is 17.3. The maximum atomic E-state index is 11.9. The monoisotopic (exact) mass is 456 g/mol. The minimum atomic E-state index is -1.05. The van der Waals surface area contributed by atoms with Crippen LogP contribution >= 0.6 is 34.5 Å². The molecule has 3 aromatic carbocycles. The fraction of sp³-hybridized carbons (Fsp3) is 0. The minimum absolute atomic E-state index is 0.147. The van der Waals surface area contributed by atoms with E-state index in [-0.39, 0.29) is 5.56 Å². The Kier molecular flexibility index (Phi) is 5.74. The van der Waals surface area contributed by atoms with Crippen LogP contribution in [0.4, 0.5) is 5.69 Å². The smallest absolute Gasteiger partial charge is 0.336 e. The quantitative estimate of drug-likeness (QED) is 0.283. The molecule has 0 radical (unpaired) electrons. The summed E-state index contributed by atoms with van der Waals surface area (Å²) >= 11 is 13.5. The second-order valence-electron chi connectivity index (χ2n) is 6.42. The Bertz CT molecular complexity index is 1260. The number of carbonyl (C=O) groups is 1. The molecule has 0 saturated heterocycles. The molecule has 0 atom stereocenters. The molecule has 1 aromatic heterocycles. The van der Waals surface area contributed by atoms with Crippen molar-refractivity contribution < 1.29 is 15.1 Å². The molecule has 0 fully saturated rings. The van der Waals surface area contributed by atoms with Gasteiger partial charge in [-0.05, 0) is 41.5 Å². The summed E-state index contributed by atoms with van der Waals surface area (Å²) in [6.07, 6.45) is 0. The number of anilines is 1. The lowest BCUT2D eigenvalue weighted by molar-refractivity contribution is 0.0698. The number of nitrogens with one attached hydrogen (secondary N) is 1. The maximum absolute atomic E-state index is 11.9. The molecule has 0 aliphatic carbocycles. The second kappa shape index (κ2) is 8.45. The van der Waals surface area contributed by atoms with E-state index in [1.807, 2.05) is 17.5 Å². The summed E-state index contributed by atoms with van der Waals surface area (Å²) in [7, 11) is 0. The zero-order valence-electron chi connectivity index (χ0n) is 15.3. The van der Waals surface area contributed by atoms with Crippen molar-refractivity contribution in [1.82, 2.24) is 4.98 Å². The van der Waals surface area contributed by atoms with Crippen molar-refractivity contribution in [2.75, 3.05) is 5.48 Å². The Hall–Kier alpha value is -2.90. The van der Waals surface area contributed by atoms with E-state index in [0.29, 0.717) is 37.4 Å². The van der Waals surface area contributed by atoms with E-state index in [1.54, 1.807) is 48.5 Å². The molecule has 1 heterocycles. The first kappa shape index (κ1) is 20.4. The molecule has 0 aliphatic heterocycles. The van der Waals surface area contributed by atoms with Gasteiger partial charge in [0.1, 0.15) is 5.01 Å². The first-order chi connectivity index (χ1) is 14.5. The molecule has 4 rings (SSSR count). The standard InChI is InChI=1S/C22H14Cl2N2O3S/c23-18-7-5-13(10-19(18)24)20-11-30-21(25-20)14-4-6-16(17(9-14)22(27)28)12-2-1-3-15(8-12)26-29/h1-11,26,29H,(H,27,28). The molecule has 5 nitrogen and oxygen atoms in total. The first-order valence-electron chi connectivity index (χ1n) is 8.75. The number of halogens is 2. The van der Waals surface area contributed by atoms with Crippen molar-refractivity contribution in [2.24, 2.45) is 0 Å². The molecule has 150 valence electrons. The zero-order valence-corrected chi connectivity index (χ0v) is 17.6. The van der Waals surface area contributed by atoms with E-state index >= 15 is 0 Å². The maximum Gasteiger partial charge on any atom is 0.336 e. The number of thiazole rings is 1. The molecule has 0 amide bonds. The third-order valence-corrected chi connectivity index (χ3v) is 6.15.